The fraction of sp³-hybridized carbons (Fsp3) is 0.300. The molecule has 0 saturated carbocycles. The molecule has 1 N–H and O–H groups in total. The average Bonchev–Trinajstić information content (AvgIpc) is 2.28. The monoisotopic (exact) mass is 276 g/mol. The van der Waals surface area contributed by atoms with Crippen molar-refractivity contribution in [3.05, 3.63) is 28.0 Å². The summed E-state index contributed by atoms with van der Waals surface area (Å²) in [7, 11) is 0. The third-order valence-corrected chi connectivity index (χ3v) is 2.56. The molecule has 1 rings (SSSR count). The number of halogens is 2. The normalized spacial score (nSPS) is 10.1. The zero-order chi connectivity index (χ0) is 13.0. The molecular formula is C10H10Cl2N2O3. The van der Waals surface area contributed by atoms with Gasteiger partial charge in [-0.05, 0) is 13.0 Å². The van der Waals surface area contributed by atoms with Crippen LogP contribution in [0.4, 0.5) is 0 Å². The summed E-state index contributed by atoms with van der Waals surface area (Å²) in [5.41, 5.74) is 0.148. The number of aromatic nitrogens is 1. The zero-order valence-electron chi connectivity index (χ0n) is 8.98. The Morgan fingerprint density at radius 3 is 2.65 bits per heavy atom. The fourth-order valence-corrected chi connectivity index (χ4v) is 1.58. The Morgan fingerprint density at radius 1 is 1.47 bits per heavy atom. The van der Waals surface area contributed by atoms with E-state index in [4.69, 9.17) is 28.3 Å². The van der Waals surface area contributed by atoms with E-state index in [2.05, 4.69) is 4.98 Å². The quantitative estimate of drug-likeness (QED) is 0.854. The van der Waals surface area contributed by atoms with Gasteiger partial charge in [-0.1, -0.05) is 23.2 Å². The van der Waals surface area contributed by atoms with Crippen molar-refractivity contribution in [2.75, 3.05) is 13.1 Å². The Balaban J connectivity index is 3.01. The number of rotatable bonds is 4. The van der Waals surface area contributed by atoms with Crippen LogP contribution in [0, 0.1) is 0 Å². The van der Waals surface area contributed by atoms with Gasteiger partial charge in [0.2, 0.25) is 0 Å². The summed E-state index contributed by atoms with van der Waals surface area (Å²) < 4.78 is 0. The van der Waals surface area contributed by atoms with Crippen LogP contribution in [0.2, 0.25) is 10.2 Å². The smallest absolute Gasteiger partial charge is 0.323 e. The maximum absolute atomic E-state index is 12.0. The van der Waals surface area contributed by atoms with E-state index in [1.165, 1.54) is 12.3 Å². The van der Waals surface area contributed by atoms with Crippen LogP contribution in [0.15, 0.2) is 12.3 Å². The minimum absolute atomic E-state index is 0.129. The number of amides is 1. The van der Waals surface area contributed by atoms with Crippen LogP contribution in [-0.4, -0.2) is 40.0 Å². The van der Waals surface area contributed by atoms with Gasteiger partial charge in [-0.3, -0.25) is 9.59 Å². The van der Waals surface area contributed by atoms with Gasteiger partial charge in [0.1, 0.15) is 11.7 Å². The summed E-state index contributed by atoms with van der Waals surface area (Å²) in [5.74, 6) is -1.57. The lowest BCUT2D eigenvalue weighted by atomic mass is 10.2. The van der Waals surface area contributed by atoms with Gasteiger partial charge in [-0.25, -0.2) is 4.98 Å². The number of carbonyl (C=O) groups is 2. The second kappa shape index (κ2) is 5.84. The summed E-state index contributed by atoms with van der Waals surface area (Å²) in [6.07, 6.45) is 1.26. The fourth-order valence-electron chi connectivity index (χ4n) is 1.24. The maximum Gasteiger partial charge on any atom is 0.323 e. The molecule has 0 aliphatic rings. The second-order valence-corrected chi connectivity index (χ2v) is 3.99. The molecule has 0 aromatic carbocycles. The molecule has 0 atom stereocenters. The Hall–Kier alpha value is -1.33. The lowest BCUT2D eigenvalue weighted by Crippen LogP contribution is -2.35. The van der Waals surface area contributed by atoms with Gasteiger partial charge < -0.3 is 10.0 Å². The molecule has 0 fully saturated rings. The first-order chi connectivity index (χ1) is 7.95. The van der Waals surface area contributed by atoms with Gasteiger partial charge in [0.05, 0.1) is 10.6 Å². The summed E-state index contributed by atoms with van der Waals surface area (Å²) in [5, 5.41) is 8.94. The number of nitrogens with zero attached hydrogens (tertiary/aromatic N) is 2. The van der Waals surface area contributed by atoms with E-state index in [9.17, 15) is 9.59 Å². The van der Waals surface area contributed by atoms with Crippen LogP contribution < -0.4 is 0 Å². The molecular weight excluding hydrogens is 267 g/mol. The highest BCUT2D eigenvalue weighted by Crippen LogP contribution is 2.19. The third-order valence-electron chi connectivity index (χ3n) is 2.05. The molecule has 17 heavy (non-hydrogen) atoms. The van der Waals surface area contributed by atoms with Gasteiger partial charge in [-0.15, -0.1) is 0 Å². The van der Waals surface area contributed by atoms with Crippen LogP contribution >= 0.6 is 23.2 Å². The Bertz CT molecular complexity index is 451. The summed E-state index contributed by atoms with van der Waals surface area (Å²) in [6, 6.07) is 1.32. The van der Waals surface area contributed by atoms with Crippen LogP contribution in [0.5, 0.6) is 0 Å². The molecule has 7 heteroatoms. The van der Waals surface area contributed by atoms with Crippen molar-refractivity contribution in [2.24, 2.45) is 0 Å². The number of carbonyl (C=O) groups excluding carboxylic acids is 1. The molecule has 1 aromatic rings. The number of likely N-dealkylation sites (N-methyl/N-ethyl adjacent to an activating group) is 1. The molecule has 1 amide bonds. The molecule has 0 unspecified atom stereocenters. The largest absolute Gasteiger partial charge is 0.480 e. The molecule has 1 aromatic heterocycles. The molecule has 1 heterocycles. The number of hydrogen-bond donors (Lipinski definition) is 1. The Kier molecular flexibility index (Phi) is 4.72. The van der Waals surface area contributed by atoms with E-state index in [-0.39, 0.29) is 28.8 Å². The van der Waals surface area contributed by atoms with Crippen molar-refractivity contribution in [2.45, 2.75) is 6.92 Å². The van der Waals surface area contributed by atoms with Crippen molar-refractivity contribution >= 4 is 35.1 Å². The average molecular weight is 277 g/mol. The van der Waals surface area contributed by atoms with Gasteiger partial charge in [-0.2, -0.15) is 0 Å². The van der Waals surface area contributed by atoms with Crippen LogP contribution in [0.1, 0.15) is 17.3 Å². The van der Waals surface area contributed by atoms with E-state index in [1.54, 1.807) is 6.92 Å². The highest BCUT2D eigenvalue weighted by molar-refractivity contribution is 6.35. The number of pyridine rings is 1. The summed E-state index contributed by atoms with van der Waals surface area (Å²) >= 11 is 11.5. The van der Waals surface area contributed by atoms with Crippen molar-refractivity contribution in [1.82, 2.24) is 9.88 Å². The first kappa shape index (κ1) is 13.7. The minimum Gasteiger partial charge on any atom is -0.480 e. The van der Waals surface area contributed by atoms with E-state index >= 15 is 0 Å². The molecule has 0 saturated heterocycles. The van der Waals surface area contributed by atoms with E-state index < -0.39 is 11.9 Å². The van der Waals surface area contributed by atoms with E-state index in [0.717, 1.165) is 4.90 Å². The van der Waals surface area contributed by atoms with Crippen LogP contribution in [0.3, 0.4) is 0 Å². The van der Waals surface area contributed by atoms with Gasteiger partial charge >= 0.3 is 5.97 Å². The lowest BCUT2D eigenvalue weighted by Gasteiger charge is -2.19. The molecule has 92 valence electrons. The minimum atomic E-state index is -1.09. The topological polar surface area (TPSA) is 70.5 Å². The number of carboxylic acids is 1. The highest BCUT2D eigenvalue weighted by Gasteiger charge is 2.19. The number of aliphatic carboxylic acids is 1. The first-order valence-electron chi connectivity index (χ1n) is 4.77. The standard InChI is InChI=1S/C10H10Cl2N2O3/c1-2-14(5-9(15)16)10(17)6-3-8(12)13-4-7(6)11/h3-4H,2,5H2,1H3,(H,15,16). The lowest BCUT2D eigenvalue weighted by molar-refractivity contribution is -0.137. The SMILES string of the molecule is CCN(CC(=O)O)C(=O)c1cc(Cl)ncc1Cl. The third kappa shape index (κ3) is 3.57. The molecule has 0 spiro atoms. The molecule has 0 aliphatic heterocycles. The molecule has 0 radical (unpaired) electrons. The first-order valence-corrected chi connectivity index (χ1v) is 5.53. The Morgan fingerprint density at radius 2 is 2.12 bits per heavy atom. The van der Waals surface area contributed by atoms with E-state index in [0.29, 0.717) is 0 Å². The summed E-state index contributed by atoms with van der Waals surface area (Å²) in [4.78, 5) is 27.4. The Labute approximate surface area is 108 Å². The maximum atomic E-state index is 12.0. The summed E-state index contributed by atoms with van der Waals surface area (Å²) in [6.45, 7) is 1.56. The predicted molar refractivity (Wildman–Crippen MR) is 63.5 cm³/mol. The molecule has 5 nitrogen and oxygen atoms in total. The van der Waals surface area contributed by atoms with Crippen molar-refractivity contribution < 1.29 is 14.7 Å². The number of carboxylic acid groups (broad SMARTS) is 1. The van der Waals surface area contributed by atoms with Crippen LogP contribution in [0.25, 0.3) is 0 Å². The van der Waals surface area contributed by atoms with E-state index in [1.807, 2.05) is 0 Å². The number of hydrogen-bond acceptors (Lipinski definition) is 3. The highest BCUT2D eigenvalue weighted by atomic mass is 35.5. The predicted octanol–water partition coefficient (Wildman–Crippen LogP) is 1.94. The van der Waals surface area contributed by atoms with Gasteiger partial charge in [0.25, 0.3) is 5.91 Å². The van der Waals surface area contributed by atoms with Gasteiger partial charge in [0.15, 0.2) is 0 Å². The van der Waals surface area contributed by atoms with Crippen molar-refractivity contribution in [3.8, 4) is 0 Å². The molecule has 0 aliphatic carbocycles. The van der Waals surface area contributed by atoms with Gasteiger partial charge in [0, 0.05) is 12.7 Å². The zero-order valence-corrected chi connectivity index (χ0v) is 10.5. The van der Waals surface area contributed by atoms with Crippen molar-refractivity contribution in [1.29, 1.82) is 0 Å². The second-order valence-electron chi connectivity index (χ2n) is 3.20. The molecule has 0 bridgehead atoms. The van der Waals surface area contributed by atoms with Crippen LogP contribution in [-0.2, 0) is 4.79 Å². The van der Waals surface area contributed by atoms with Crippen molar-refractivity contribution in [3.63, 3.8) is 0 Å².